The van der Waals surface area contributed by atoms with E-state index in [0.29, 0.717) is 6.04 Å². The van der Waals surface area contributed by atoms with Crippen LogP contribution in [0.15, 0.2) is 35.7 Å². The van der Waals surface area contributed by atoms with Crippen molar-refractivity contribution in [3.8, 4) is 0 Å². The van der Waals surface area contributed by atoms with Gasteiger partial charge in [-0.2, -0.15) is 0 Å². The molecule has 0 bridgehead atoms. The van der Waals surface area contributed by atoms with Gasteiger partial charge in [-0.25, -0.2) is 0 Å². The topological polar surface area (TPSA) is 6.48 Å². The van der Waals surface area contributed by atoms with Crippen LogP contribution in [0.4, 0.5) is 5.69 Å². The first-order valence-corrected chi connectivity index (χ1v) is 7.63. The molecule has 0 amide bonds. The van der Waals surface area contributed by atoms with Crippen molar-refractivity contribution in [3.63, 3.8) is 0 Å². The van der Waals surface area contributed by atoms with Gasteiger partial charge in [0.1, 0.15) is 6.17 Å². The van der Waals surface area contributed by atoms with Gasteiger partial charge in [0.05, 0.1) is 0 Å². The molecule has 0 spiro atoms. The van der Waals surface area contributed by atoms with Gasteiger partial charge in [-0.3, -0.25) is 0 Å². The summed E-state index contributed by atoms with van der Waals surface area (Å²) in [5.41, 5.74) is 4.29. The Morgan fingerprint density at radius 3 is 2.40 bits per heavy atom. The van der Waals surface area contributed by atoms with E-state index in [-0.39, 0.29) is 0 Å². The zero-order valence-electron chi connectivity index (χ0n) is 15.7. The lowest BCUT2D eigenvalue weighted by atomic mass is 10.1. The Hall–Kier alpha value is -1.44. The molecule has 1 fully saturated rings. The fourth-order valence-electron chi connectivity index (χ4n) is 3.65. The molecule has 2 nitrogen and oxygen atoms in total. The van der Waals surface area contributed by atoms with Crippen molar-refractivity contribution >= 4 is 5.69 Å². The Labute approximate surface area is 127 Å². The number of benzene rings is 1. The highest BCUT2D eigenvalue weighted by Gasteiger charge is 2.37. The van der Waals surface area contributed by atoms with Gasteiger partial charge in [-0.05, 0) is 52.1 Å². The number of anilines is 1. The summed E-state index contributed by atoms with van der Waals surface area (Å²) in [6.07, 6.45) is 4.00. The first-order valence-electron chi connectivity index (χ1n) is 9.13. The van der Waals surface area contributed by atoms with Crippen LogP contribution in [-0.2, 0) is 0 Å². The average molecular weight is 273 g/mol. The molecule has 1 aliphatic heterocycles. The van der Waals surface area contributed by atoms with Crippen LogP contribution < -0.4 is 4.90 Å². The molecule has 1 saturated carbocycles. The Bertz CT molecular complexity index is 615. The second-order valence-corrected chi connectivity index (χ2v) is 6.05. The number of rotatable bonds is 2. The predicted octanol–water partition coefficient (Wildman–Crippen LogP) is 4.66. The highest BCUT2D eigenvalue weighted by Crippen LogP contribution is 2.39. The Morgan fingerprint density at radius 2 is 1.75 bits per heavy atom. The van der Waals surface area contributed by atoms with Crippen molar-refractivity contribution in [3.05, 3.63) is 41.2 Å². The van der Waals surface area contributed by atoms with Gasteiger partial charge < -0.3 is 9.80 Å². The van der Waals surface area contributed by atoms with Gasteiger partial charge in [0, 0.05) is 27.2 Å². The van der Waals surface area contributed by atoms with Gasteiger partial charge in [-0.15, -0.1) is 0 Å². The molecule has 20 heavy (non-hydrogen) atoms. The zero-order valence-corrected chi connectivity index (χ0v) is 12.7. The van der Waals surface area contributed by atoms with Gasteiger partial charge >= 0.3 is 0 Å². The average Bonchev–Trinajstić information content (AvgIpc) is 3.07. The Kier molecular flexibility index (Phi) is 2.66. The van der Waals surface area contributed by atoms with E-state index in [2.05, 4.69) is 18.7 Å². The molecular weight excluding hydrogens is 244 g/mol. The number of aryl methyl sites for hydroxylation is 1. The summed E-state index contributed by atoms with van der Waals surface area (Å²) >= 11 is 0. The van der Waals surface area contributed by atoms with Crippen LogP contribution >= 0.6 is 0 Å². The summed E-state index contributed by atoms with van der Waals surface area (Å²) in [6, 6.07) is 8.42. The molecule has 2 aliphatic rings. The van der Waals surface area contributed by atoms with E-state index in [4.69, 9.17) is 4.11 Å². The molecule has 1 aromatic rings. The lowest BCUT2D eigenvalue weighted by molar-refractivity contribution is 0.218. The van der Waals surface area contributed by atoms with Crippen molar-refractivity contribution in [1.29, 1.82) is 0 Å². The second-order valence-electron chi connectivity index (χ2n) is 6.05. The number of allylic oxidation sites excluding steroid dienone is 2. The number of para-hydroxylation sites is 1. The van der Waals surface area contributed by atoms with Crippen LogP contribution in [0.5, 0.6) is 0 Å². The highest BCUT2D eigenvalue weighted by molar-refractivity contribution is 5.60. The third kappa shape index (κ3) is 2.02. The van der Waals surface area contributed by atoms with Crippen LogP contribution in [-0.4, -0.2) is 17.1 Å². The lowest BCUT2D eigenvalue weighted by Gasteiger charge is -2.36. The van der Waals surface area contributed by atoms with Crippen molar-refractivity contribution in [2.45, 2.75) is 65.5 Å². The summed E-state index contributed by atoms with van der Waals surface area (Å²) in [6.45, 7) is 4.12. The molecule has 0 radical (unpaired) electrons. The maximum Gasteiger partial charge on any atom is 0.103 e. The SMILES string of the molecule is [2H]C([2H])([2H])C1N(c2ccccc2C)C(C)=C(C)N1C1CCCC1. The number of hydrogen-bond donors (Lipinski definition) is 0. The molecule has 0 aromatic heterocycles. The van der Waals surface area contributed by atoms with Crippen LogP contribution in [0.2, 0.25) is 0 Å². The standard InChI is InChI=1S/C18H26N2/c1-13-9-5-8-12-18(13)20-15(3)14(2)19(16(20)4)17-10-6-7-11-17/h5,8-9,12,16-17H,6-7,10-11H2,1-4H3/i4D3. The fraction of sp³-hybridized carbons (Fsp3) is 0.556. The minimum absolute atomic E-state index is 0.351. The van der Waals surface area contributed by atoms with Crippen LogP contribution in [0.1, 0.15) is 56.1 Å². The van der Waals surface area contributed by atoms with Gasteiger partial charge in [0.2, 0.25) is 0 Å². The second kappa shape index (κ2) is 5.16. The molecule has 2 heteroatoms. The smallest absolute Gasteiger partial charge is 0.103 e. The van der Waals surface area contributed by atoms with Crippen LogP contribution in [0, 0.1) is 6.92 Å². The van der Waals surface area contributed by atoms with Crippen LogP contribution in [0.3, 0.4) is 0 Å². The van der Waals surface area contributed by atoms with E-state index < -0.39 is 13.0 Å². The van der Waals surface area contributed by atoms with E-state index in [1.165, 1.54) is 12.8 Å². The highest BCUT2D eigenvalue weighted by atomic mass is 15.4. The number of hydrogen-bond acceptors (Lipinski definition) is 2. The number of nitrogens with zero attached hydrogens (tertiary/aromatic N) is 2. The quantitative estimate of drug-likeness (QED) is 0.773. The lowest BCUT2D eigenvalue weighted by Crippen LogP contribution is -2.42. The molecule has 1 unspecified atom stereocenters. The van der Waals surface area contributed by atoms with E-state index in [0.717, 1.165) is 35.5 Å². The van der Waals surface area contributed by atoms with Crippen molar-refractivity contribution < 1.29 is 4.11 Å². The van der Waals surface area contributed by atoms with Crippen LogP contribution in [0.25, 0.3) is 0 Å². The zero-order chi connectivity index (χ0) is 16.8. The van der Waals surface area contributed by atoms with Crippen molar-refractivity contribution in [2.75, 3.05) is 4.90 Å². The molecule has 3 rings (SSSR count). The third-order valence-electron chi connectivity index (χ3n) is 4.87. The molecule has 1 heterocycles. The summed E-state index contributed by atoms with van der Waals surface area (Å²) in [7, 11) is 0. The van der Waals surface area contributed by atoms with Crippen molar-refractivity contribution in [1.82, 2.24) is 4.90 Å². The summed E-state index contributed by atoms with van der Waals surface area (Å²) in [4.78, 5) is 4.22. The summed E-state index contributed by atoms with van der Waals surface area (Å²) in [5.74, 6) is 0. The van der Waals surface area contributed by atoms with E-state index in [1.807, 2.05) is 36.1 Å². The molecule has 1 aromatic carbocycles. The molecule has 1 aliphatic carbocycles. The van der Waals surface area contributed by atoms with E-state index >= 15 is 0 Å². The maximum atomic E-state index is 8.18. The monoisotopic (exact) mass is 273 g/mol. The third-order valence-corrected chi connectivity index (χ3v) is 4.87. The van der Waals surface area contributed by atoms with E-state index in [9.17, 15) is 0 Å². The molecule has 108 valence electrons. The van der Waals surface area contributed by atoms with Gasteiger partial charge in [0.15, 0.2) is 0 Å². The predicted molar refractivity (Wildman–Crippen MR) is 85.6 cm³/mol. The largest absolute Gasteiger partial charge is 0.350 e. The van der Waals surface area contributed by atoms with Gasteiger partial charge in [-0.1, -0.05) is 31.0 Å². The maximum absolute atomic E-state index is 8.18. The summed E-state index contributed by atoms with van der Waals surface area (Å²) < 4.78 is 24.5. The fourth-order valence-corrected chi connectivity index (χ4v) is 3.65. The van der Waals surface area contributed by atoms with Gasteiger partial charge in [0.25, 0.3) is 0 Å². The van der Waals surface area contributed by atoms with E-state index in [1.54, 1.807) is 0 Å². The van der Waals surface area contributed by atoms with Crippen molar-refractivity contribution in [2.24, 2.45) is 0 Å². The first kappa shape index (κ1) is 10.3. The minimum Gasteiger partial charge on any atom is -0.350 e. The molecule has 0 N–H and O–H groups in total. The molecular formula is C18H26N2. The first-order chi connectivity index (χ1) is 10.8. The summed E-state index contributed by atoms with van der Waals surface area (Å²) in [5, 5.41) is 0. The Morgan fingerprint density at radius 1 is 1.05 bits per heavy atom. The Balaban J connectivity index is 2.09. The molecule has 1 atom stereocenters. The molecule has 0 saturated heterocycles. The minimum atomic E-state index is -2.05. The normalized spacial score (nSPS) is 26.9.